The van der Waals surface area contributed by atoms with E-state index in [1.165, 1.54) is 19.5 Å². The second-order valence-corrected chi connectivity index (χ2v) is 11.6. The van der Waals surface area contributed by atoms with Crippen molar-refractivity contribution in [3.05, 3.63) is 40.9 Å². The number of hydrogen-bond donors (Lipinski definition) is 2. The zero-order valence-electron chi connectivity index (χ0n) is 20.1. The predicted molar refractivity (Wildman–Crippen MR) is 138 cm³/mol. The summed E-state index contributed by atoms with van der Waals surface area (Å²) in [6.07, 6.45) is 10.0. The maximum atomic E-state index is 13.4. The van der Waals surface area contributed by atoms with Gasteiger partial charge >= 0.3 is 0 Å². The van der Waals surface area contributed by atoms with Gasteiger partial charge in [0.1, 0.15) is 0 Å². The van der Waals surface area contributed by atoms with E-state index in [4.69, 9.17) is 0 Å². The van der Waals surface area contributed by atoms with Crippen LogP contribution in [0.5, 0.6) is 0 Å². The highest BCUT2D eigenvalue weighted by atomic mass is 79.9. The van der Waals surface area contributed by atoms with Crippen molar-refractivity contribution in [2.24, 2.45) is 29.1 Å². The summed E-state index contributed by atoms with van der Waals surface area (Å²) >= 11 is 3.44. The highest BCUT2D eigenvalue weighted by Crippen LogP contribution is 2.72. The molecule has 2 bridgehead atoms. The van der Waals surface area contributed by atoms with Crippen molar-refractivity contribution in [3.63, 3.8) is 0 Å². The molecule has 6 nitrogen and oxygen atoms in total. The lowest BCUT2D eigenvalue weighted by Gasteiger charge is -2.26. The van der Waals surface area contributed by atoms with E-state index >= 15 is 0 Å². The minimum atomic E-state index is -0.282. The van der Waals surface area contributed by atoms with Gasteiger partial charge in [0.2, 0.25) is 11.8 Å². The topological polar surface area (TPSA) is 64.7 Å². The minimum absolute atomic E-state index is 0.0169. The van der Waals surface area contributed by atoms with Crippen molar-refractivity contribution in [1.29, 1.82) is 0 Å². The molecule has 1 saturated heterocycles. The number of allylic oxidation sites excluding steroid dienone is 2. The average Bonchev–Trinajstić information content (AvgIpc) is 3.54. The fourth-order valence-electron chi connectivity index (χ4n) is 6.58. The number of rotatable bonds is 8. The first-order valence-corrected chi connectivity index (χ1v) is 13.7. The number of carbonyl (C=O) groups is 2. The SMILES string of the molecule is CN1CCCN(CCCCNC(=O)[C@H]2[C@H](C(=O)Nc3ccc(Br)cc3)[C@@H]3C=C[C@H]2C32CC2)CC1. The van der Waals surface area contributed by atoms with Crippen LogP contribution >= 0.6 is 15.9 Å². The smallest absolute Gasteiger partial charge is 0.228 e. The number of likely N-dealkylation sites (N-methyl/N-ethyl adjacent to an activating group) is 1. The molecule has 3 fully saturated rings. The molecule has 1 aromatic rings. The van der Waals surface area contributed by atoms with Gasteiger partial charge in [-0.25, -0.2) is 0 Å². The number of anilines is 1. The number of nitrogens with one attached hydrogen (secondary N) is 2. The fraction of sp³-hybridized carbons (Fsp3) is 0.630. The van der Waals surface area contributed by atoms with E-state index < -0.39 is 0 Å². The van der Waals surface area contributed by atoms with Crippen LogP contribution in [0.4, 0.5) is 5.69 Å². The Hall–Kier alpha value is -1.70. The van der Waals surface area contributed by atoms with Crippen molar-refractivity contribution in [1.82, 2.24) is 15.1 Å². The summed E-state index contributed by atoms with van der Waals surface area (Å²) in [6.45, 7) is 6.42. The Morgan fingerprint density at radius 2 is 1.68 bits per heavy atom. The Labute approximate surface area is 211 Å². The van der Waals surface area contributed by atoms with Crippen LogP contribution in [-0.2, 0) is 9.59 Å². The highest BCUT2D eigenvalue weighted by molar-refractivity contribution is 9.10. The number of unbranched alkanes of at least 4 members (excludes halogenated alkanes) is 1. The molecule has 3 aliphatic carbocycles. The number of carbonyl (C=O) groups excluding carboxylic acids is 2. The number of halogens is 1. The van der Waals surface area contributed by atoms with E-state index in [-0.39, 0.29) is 40.9 Å². The average molecular weight is 530 g/mol. The van der Waals surface area contributed by atoms with Gasteiger partial charge in [-0.05, 0) is 100 Å². The van der Waals surface area contributed by atoms with Crippen LogP contribution in [0.1, 0.15) is 32.1 Å². The number of benzene rings is 1. The molecule has 5 rings (SSSR count). The monoisotopic (exact) mass is 528 g/mol. The Kier molecular flexibility index (Phi) is 7.14. The van der Waals surface area contributed by atoms with Gasteiger partial charge in [0.25, 0.3) is 0 Å². The zero-order chi connectivity index (χ0) is 23.7. The van der Waals surface area contributed by atoms with Crippen molar-refractivity contribution in [2.45, 2.75) is 32.1 Å². The van der Waals surface area contributed by atoms with E-state index in [2.05, 4.69) is 55.6 Å². The van der Waals surface area contributed by atoms with E-state index in [0.717, 1.165) is 55.5 Å². The normalized spacial score (nSPS) is 29.8. The first-order valence-electron chi connectivity index (χ1n) is 12.9. The van der Waals surface area contributed by atoms with Crippen LogP contribution < -0.4 is 10.6 Å². The van der Waals surface area contributed by atoms with Crippen LogP contribution in [0.15, 0.2) is 40.9 Å². The van der Waals surface area contributed by atoms with Crippen LogP contribution in [0.3, 0.4) is 0 Å². The van der Waals surface area contributed by atoms with Crippen LogP contribution in [0, 0.1) is 29.1 Å². The van der Waals surface area contributed by atoms with Crippen LogP contribution in [0.25, 0.3) is 0 Å². The molecule has 1 spiro atoms. The second kappa shape index (κ2) is 10.1. The lowest BCUT2D eigenvalue weighted by Crippen LogP contribution is -2.42. The molecule has 184 valence electrons. The molecule has 4 aliphatic rings. The third-order valence-electron chi connectivity index (χ3n) is 8.57. The Bertz CT molecular complexity index is 929. The molecule has 7 heteroatoms. The number of hydrogen-bond acceptors (Lipinski definition) is 4. The van der Waals surface area contributed by atoms with Crippen LogP contribution in [0.2, 0.25) is 0 Å². The summed E-state index contributed by atoms with van der Waals surface area (Å²) in [4.78, 5) is 31.7. The van der Waals surface area contributed by atoms with Gasteiger partial charge in [-0.15, -0.1) is 0 Å². The van der Waals surface area contributed by atoms with E-state index in [1.54, 1.807) is 0 Å². The number of nitrogens with zero attached hydrogens (tertiary/aromatic N) is 2. The molecule has 1 heterocycles. The van der Waals surface area contributed by atoms with Crippen molar-refractivity contribution in [2.75, 3.05) is 51.6 Å². The summed E-state index contributed by atoms with van der Waals surface area (Å²) in [5.74, 6) is -0.103. The van der Waals surface area contributed by atoms with Gasteiger partial charge in [0.15, 0.2) is 0 Å². The van der Waals surface area contributed by atoms with Crippen LogP contribution in [-0.4, -0.2) is 67.9 Å². The van der Waals surface area contributed by atoms with Crippen molar-refractivity contribution >= 4 is 33.4 Å². The van der Waals surface area contributed by atoms with Gasteiger partial charge < -0.3 is 20.4 Å². The highest BCUT2D eigenvalue weighted by Gasteiger charge is 2.69. The molecule has 2 saturated carbocycles. The fourth-order valence-corrected chi connectivity index (χ4v) is 6.85. The quantitative estimate of drug-likeness (QED) is 0.398. The second-order valence-electron chi connectivity index (χ2n) is 10.7. The largest absolute Gasteiger partial charge is 0.356 e. The van der Waals surface area contributed by atoms with Gasteiger partial charge in [0, 0.05) is 29.8 Å². The summed E-state index contributed by atoms with van der Waals surface area (Å²) in [5, 5.41) is 6.29. The molecular weight excluding hydrogens is 492 g/mol. The third-order valence-corrected chi connectivity index (χ3v) is 9.10. The Morgan fingerprint density at radius 1 is 0.971 bits per heavy atom. The standard InChI is InChI=1S/C27H37BrN4O2/c1-31-14-4-16-32(18-17-31)15-3-2-13-29-25(33)23-21-9-10-22(27(21)11-12-27)24(23)26(34)30-20-7-5-19(28)6-8-20/h5-10,21-24H,2-4,11-18H2,1H3,(H,29,33)(H,30,34)/t21-,22+,23-,24-/m1/s1. The molecule has 0 unspecified atom stereocenters. The maximum absolute atomic E-state index is 13.4. The Morgan fingerprint density at radius 3 is 2.38 bits per heavy atom. The molecule has 1 aromatic carbocycles. The lowest BCUT2D eigenvalue weighted by molar-refractivity contribution is -0.132. The predicted octanol–water partition coefficient (Wildman–Crippen LogP) is 3.75. The molecule has 0 radical (unpaired) electrons. The molecule has 0 aromatic heterocycles. The molecule has 34 heavy (non-hydrogen) atoms. The molecule has 4 atom stereocenters. The lowest BCUT2D eigenvalue weighted by atomic mass is 9.81. The zero-order valence-corrected chi connectivity index (χ0v) is 21.7. The summed E-state index contributed by atoms with van der Waals surface area (Å²) < 4.78 is 0.978. The van der Waals surface area contributed by atoms with Crippen molar-refractivity contribution in [3.8, 4) is 0 Å². The maximum Gasteiger partial charge on any atom is 0.228 e. The first-order chi connectivity index (χ1) is 16.5. The van der Waals surface area contributed by atoms with E-state index in [9.17, 15) is 9.59 Å². The third kappa shape index (κ3) is 4.84. The van der Waals surface area contributed by atoms with Gasteiger partial charge in [0.05, 0.1) is 11.8 Å². The molecule has 2 N–H and O–H groups in total. The van der Waals surface area contributed by atoms with Gasteiger partial charge in [-0.1, -0.05) is 28.1 Å². The molecule has 1 aliphatic heterocycles. The first kappa shape index (κ1) is 24.0. The van der Waals surface area contributed by atoms with Gasteiger partial charge in [-0.3, -0.25) is 9.59 Å². The van der Waals surface area contributed by atoms with Gasteiger partial charge in [-0.2, -0.15) is 0 Å². The molecule has 2 amide bonds. The summed E-state index contributed by atoms with van der Waals surface area (Å²) in [6, 6.07) is 7.64. The number of amides is 2. The van der Waals surface area contributed by atoms with E-state index in [0.29, 0.717) is 6.54 Å². The van der Waals surface area contributed by atoms with Crippen molar-refractivity contribution < 1.29 is 9.59 Å². The summed E-state index contributed by atoms with van der Waals surface area (Å²) in [5.41, 5.74) is 0.938. The van der Waals surface area contributed by atoms with E-state index in [1.807, 2.05) is 24.3 Å². The Balaban J connectivity index is 1.15. The summed E-state index contributed by atoms with van der Waals surface area (Å²) in [7, 11) is 2.20. The molecular formula is C27H37BrN4O2. The minimum Gasteiger partial charge on any atom is -0.356 e.